The van der Waals surface area contributed by atoms with Crippen molar-refractivity contribution in [3.05, 3.63) is 62.5 Å². The van der Waals surface area contributed by atoms with Gasteiger partial charge in [-0.1, -0.05) is 18.5 Å². The van der Waals surface area contributed by atoms with Crippen molar-refractivity contribution in [3.8, 4) is 0 Å². The van der Waals surface area contributed by atoms with E-state index < -0.39 is 17.7 Å². The lowest BCUT2D eigenvalue weighted by atomic mass is 9.98. The van der Waals surface area contributed by atoms with Crippen molar-refractivity contribution in [2.24, 2.45) is 0 Å². The molecular formula is C18H16ClNO3S. The third kappa shape index (κ3) is 2.64. The molecule has 3 rings (SSSR count). The molecule has 24 heavy (non-hydrogen) atoms. The van der Waals surface area contributed by atoms with Gasteiger partial charge in [-0.05, 0) is 48.2 Å². The van der Waals surface area contributed by atoms with Gasteiger partial charge < -0.3 is 5.11 Å². The molecule has 1 aromatic heterocycles. The molecule has 124 valence electrons. The highest BCUT2D eigenvalue weighted by molar-refractivity contribution is 7.10. The van der Waals surface area contributed by atoms with Crippen LogP contribution in [0.5, 0.6) is 0 Å². The Labute approximate surface area is 149 Å². The number of aliphatic hydroxyl groups excluding tert-OH is 1. The van der Waals surface area contributed by atoms with Crippen LogP contribution in [-0.2, 0) is 9.59 Å². The quantitative estimate of drug-likeness (QED) is 0.866. The molecule has 1 atom stereocenters. The fourth-order valence-corrected chi connectivity index (χ4v) is 4.01. The maximum Gasteiger partial charge on any atom is 0.294 e. The predicted octanol–water partition coefficient (Wildman–Crippen LogP) is 4.59. The smallest absolute Gasteiger partial charge is 0.294 e. The van der Waals surface area contributed by atoms with Crippen LogP contribution in [-0.4, -0.2) is 16.8 Å². The number of benzene rings is 1. The number of amides is 1. The topological polar surface area (TPSA) is 57.6 Å². The number of thiophene rings is 1. The number of aliphatic hydroxyl groups is 1. The SMILES string of the molecule is CCC(=O)C1=C(O)C(=O)N(c2ccc(Cl)cc2)C1c1sccc1C. The van der Waals surface area contributed by atoms with Gasteiger partial charge >= 0.3 is 0 Å². The van der Waals surface area contributed by atoms with Crippen LogP contribution < -0.4 is 4.90 Å². The third-order valence-corrected chi connectivity index (χ3v) is 5.41. The molecule has 0 fully saturated rings. The molecule has 1 aromatic carbocycles. The van der Waals surface area contributed by atoms with Gasteiger partial charge in [0, 0.05) is 22.0 Å². The van der Waals surface area contributed by atoms with E-state index in [1.165, 1.54) is 16.2 Å². The molecule has 2 aromatic rings. The first-order valence-electron chi connectivity index (χ1n) is 7.55. The van der Waals surface area contributed by atoms with E-state index in [4.69, 9.17) is 11.6 Å². The number of carbonyl (C=O) groups excluding carboxylic acids is 2. The summed E-state index contributed by atoms with van der Waals surface area (Å²) in [5, 5.41) is 12.8. The molecule has 0 bridgehead atoms. The van der Waals surface area contributed by atoms with E-state index in [1.54, 1.807) is 31.2 Å². The Morgan fingerprint density at radius 3 is 2.50 bits per heavy atom. The number of nitrogens with zero attached hydrogens (tertiary/aromatic N) is 1. The minimum absolute atomic E-state index is 0.169. The fourth-order valence-electron chi connectivity index (χ4n) is 2.86. The van der Waals surface area contributed by atoms with Crippen LogP contribution in [0.3, 0.4) is 0 Å². The zero-order valence-electron chi connectivity index (χ0n) is 13.2. The number of Topliss-reactive ketones (excluding diaryl/α,β-unsaturated/α-hetero) is 1. The third-order valence-electron chi connectivity index (χ3n) is 4.08. The summed E-state index contributed by atoms with van der Waals surface area (Å²) in [6.07, 6.45) is 0.224. The number of carbonyl (C=O) groups is 2. The minimum atomic E-state index is -0.605. The van der Waals surface area contributed by atoms with E-state index in [2.05, 4.69) is 0 Å². The van der Waals surface area contributed by atoms with Crippen LogP contribution >= 0.6 is 22.9 Å². The van der Waals surface area contributed by atoms with Gasteiger partial charge in [-0.2, -0.15) is 0 Å². The Bertz CT molecular complexity index is 838. The second-order valence-corrected chi connectivity index (χ2v) is 6.95. The average Bonchev–Trinajstić information content (AvgIpc) is 3.10. The fraction of sp³-hybridized carbons (Fsp3) is 0.222. The Balaban J connectivity index is 2.18. The molecule has 6 heteroatoms. The van der Waals surface area contributed by atoms with Crippen molar-refractivity contribution in [1.29, 1.82) is 0 Å². The maximum absolute atomic E-state index is 12.7. The maximum atomic E-state index is 12.7. The van der Waals surface area contributed by atoms with Crippen LogP contribution in [0, 0.1) is 6.92 Å². The number of ketones is 1. The molecule has 1 N–H and O–H groups in total. The zero-order valence-corrected chi connectivity index (χ0v) is 14.8. The summed E-state index contributed by atoms with van der Waals surface area (Å²) in [5.41, 5.74) is 1.74. The van der Waals surface area contributed by atoms with E-state index >= 15 is 0 Å². The molecule has 2 heterocycles. The molecule has 0 saturated carbocycles. The molecule has 1 aliphatic heterocycles. The summed E-state index contributed by atoms with van der Waals surface area (Å²) in [7, 11) is 0. The molecule has 1 aliphatic rings. The highest BCUT2D eigenvalue weighted by Gasteiger charge is 2.44. The summed E-state index contributed by atoms with van der Waals surface area (Å²) in [5.74, 6) is -1.25. The molecule has 0 spiro atoms. The molecule has 0 saturated heterocycles. The first-order valence-corrected chi connectivity index (χ1v) is 8.81. The van der Waals surface area contributed by atoms with Crippen molar-refractivity contribution in [2.45, 2.75) is 26.3 Å². The number of hydrogen-bond donors (Lipinski definition) is 1. The van der Waals surface area contributed by atoms with Crippen LogP contribution in [0.4, 0.5) is 5.69 Å². The summed E-state index contributed by atoms with van der Waals surface area (Å²) in [4.78, 5) is 27.4. The van der Waals surface area contributed by atoms with E-state index in [9.17, 15) is 14.7 Å². The van der Waals surface area contributed by atoms with Crippen molar-refractivity contribution >= 4 is 40.3 Å². The van der Waals surface area contributed by atoms with E-state index in [0.29, 0.717) is 10.7 Å². The predicted molar refractivity (Wildman–Crippen MR) is 95.7 cm³/mol. The van der Waals surface area contributed by atoms with E-state index in [1.807, 2.05) is 18.4 Å². The van der Waals surface area contributed by atoms with Gasteiger partial charge in [0.15, 0.2) is 11.5 Å². The highest BCUT2D eigenvalue weighted by Crippen LogP contribution is 2.44. The van der Waals surface area contributed by atoms with Crippen LogP contribution in [0.1, 0.15) is 29.8 Å². The highest BCUT2D eigenvalue weighted by atomic mass is 35.5. The molecule has 1 amide bonds. The largest absolute Gasteiger partial charge is 0.503 e. The molecular weight excluding hydrogens is 346 g/mol. The van der Waals surface area contributed by atoms with Gasteiger partial charge in [0.05, 0.1) is 5.57 Å². The lowest BCUT2D eigenvalue weighted by molar-refractivity contribution is -0.118. The molecule has 0 radical (unpaired) electrons. The zero-order chi connectivity index (χ0) is 17.4. The lowest BCUT2D eigenvalue weighted by Gasteiger charge is -2.26. The molecule has 1 unspecified atom stereocenters. The lowest BCUT2D eigenvalue weighted by Crippen LogP contribution is -2.30. The van der Waals surface area contributed by atoms with Crippen molar-refractivity contribution in [3.63, 3.8) is 0 Å². The van der Waals surface area contributed by atoms with Gasteiger partial charge in [0.25, 0.3) is 5.91 Å². The van der Waals surface area contributed by atoms with Gasteiger partial charge in [0.2, 0.25) is 0 Å². The van der Waals surface area contributed by atoms with Crippen molar-refractivity contribution in [2.75, 3.05) is 4.90 Å². The van der Waals surface area contributed by atoms with Crippen LogP contribution in [0.2, 0.25) is 5.02 Å². The number of aryl methyl sites for hydroxylation is 1. The average molecular weight is 362 g/mol. The second kappa shape index (κ2) is 6.42. The summed E-state index contributed by atoms with van der Waals surface area (Å²) in [6, 6.07) is 8.11. The monoisotopic (exact) mass is 361 g/mol. The molecule has 4 nitrogen and oxygen atoms in total. The Hall–Kier alpha value is -2.11. The van der Waals surface area contributed by atoms with E-state index in [-0.39, 0.29) is 17.8 Å². The summed E-state index contributed by atoms with van der Waals surface area (Å²) in [6.45, 7) is 3.65. The van der Waals surface area contributed by atoms with Crippen molar-refractivity contribution in [1.82, 2.24) is 0 Å². The Morgan fingerprint density at radius 2 is 1.96 bits per heavy atom. The van der Waals surface area contributed by atoms with Crippen molar-refractivity contribution < 1.29 is 14.7 Å². The van der Waals surface area contributed by atoms with E-state index in [0.717, 1.165) is 10.4 Å². The van der Waals surface area contributed by atoms with Crippen LogP contribution in [0.25, 0.3) is 0 Å². The normalized spacial score (nSPS) is 17.7. The second-order valence-electron chi connectivity index (χ2n) is 5.56. The molecule has 0 aliphatic carbocycles. The van der Waals surface area contributed by atoms with Gasteiger partial charge in [-0.3, -0.25) is 14.5 Å². The number of anilines is 1. The van der Waals surface area contributed by atoms with Gasteiger partial charge in [-0.15, -0.1) is 11.3 Å². The standard InChI is InChI=1S/C18H16ClNO3S/c1-3-13(21)14-15(17-10(2)8-9-24-17)20(18(23)16(14)22)12-6-4-11(19)5-7-12/h4-9,15,22H,3H2,1-2H3. The Morgan fingerprint density at radius 1 is 1.29 bits per heavy atom. The van der Waals surface area contributed by atoms with Gasteiger partial charge in [0.1, 0.15) is 6.04 Å². The summed E-state index contributed by atoms with van der Waals surface area (Å²) >= 11 is 7.40. The Kier molecular flexibility index (Phi) is 4.47. The summed E-state index contributed by atoms with van der Waals surface area (Å²) < 4.78 is 0. The van der Waals surface area contributed by atoms with Gasteiger partial charge in [-0.25, -0.2) is 0 Å². The first kappa shape index (κ1) is 16.7. The minimum Gasteiger partial charge on any atom is -0.503 e. The first-order chi connectivity index (χ1) is 11.5. The number of halogens is 1. The van der Waals surface area contributed by atoms with Crippen LogP contribution in [0.15, 0.2) is 47.0 Å². The number of hydrogen-bond acceptors (Lipinski definition) is 4. The number of rotatable bonds is 4.